The third-order valence-corrected chi connectivity index (χ3v) is 7.67. The fraction of sp³-hybridized carbons (Fsp3) is 0.407. The molecule has 0 saturated carbocycles. The Morgan fingerprint density at radius 3 is 2.84 bits per heavy atom. The minimum atomic E-state index is -0.128. The van der Waals surface area contributed by atoms with Gasteiger partial charge in [-0.25, -0.2) is 14.5 Å². The SMILES string of the molecule is CCN(CC)[C@@H](C)CNC(=O)c1cc(NC2CCOC2)nc(-c2cnn3ccc(-c4cccs4)nc23)c1. The second kappa shape index (κ2) is 11.4. The van der Waals surface area contributed by atoms with Gasteiger partial charge in [0.1, 0.15) is 5.82 Å². The summed E-state index contributed by atoms with van der Waals surface area (Å²) in [6.45, 7) is 10.2. The molecule has 10 heteroatoms. The van der Waals surface area contributed by atoms with Gasteiger partial charge in [0.05, 0.1) is 40.7 Å². The molecule has 5 rings (SSSR count). The number of nitrogens with zero attached hydrogens (tertiary/aromatic N) is 5. The lowest BCUT2D eigenvalue weighted by atomic mass is 10.1. The molecule has 37 heavy (non-hydrogen) atoms. The van der Waals surface area contributed by atoms with Crippen LogP contribution in [-0.2, 0) is 4.74 Å². The van der Waals surface area contributed by atoms with Gasteiger partial charge in [0.2, 0.25) is 0 Å². The van der Waals surface area contributed by atoms with Crippen LogP contribution in [-0.4, -0.2) is 75.3 Å². The standard InChI is InChI=1S/C27H33N7O2S/c1-4-33(5-2)18(3)15-28-27(35)19-13-23(31-25(14-19)30-20-9-11-36-17-20)21-16-29-34-10-8-22(32-26(21)34)24-7-6-12-37-24/h6-8,10,12-14,16,18,20H,4-5,9,11,15,17H2,1-3H3,(H,28,35)(H,30,31)/t18-,20?/m0/s1. The van der Waals surface area contributed by atoms with Gasteiger partial charge in [0, 0.05) is 31.0 Å². The number of likely N-dealkylation sites (N-methyl/N-ethyl adjacent to an activating group) is 1. The van der Waals surface area contributed by atoms with Crippen molar-refractivity contribution in [3.05, 3.63) is 53.7 Å². The number of carbonyl (C=O) groups is 1. The highest BCUT2D eigenvalue weighted by Gasteiger charge is 2.20. The molecule has 0 radical (unpaired) electrons. The lowest BCUT2D eigenvalue weighted by Gasteiger charge is -2.26. The Labute approximate surface area is 220 Å². The number of hydrogen-bond acceptors (Lipinski definition) is 8. The van der Waals surface area contributed by atoms with Crippen molar-refractivity contribution in [2.75, 3.05) is 38.2 Å². The number of rotatable bonds is 10. The van der Waals surface area contributed by atoms with Gasteiger partial charge in [0.15, 0.2) is 5.65 Å². The molecule has 4 aromatic heterocycles. The molecule has 4 aromatic rings. The van der Waals surface area contributed by atoms with Gasteiger partial charge >= 0.3 is 0 Å². The molecule has 1 saturated heterocycles. The Morgan fingerprint density at radius 2 is 2.11 bits per heavy atom. The zero-order valence-corrected chi connectivity index (χ0v) is 22.3. The molecule has 1 aliphatic heterocycles. The summed E-state index contributed by atoms with van der Waals surface area (Å²) in [5.74, 6) is 0.515. The molecule has 0 spiro atoms. The first kappa shape index (κ1) is 25.3. The van der Waals surface area contributed by atoms with Crippen LogP contribution < -0.4 is 10.6 Å². The van der Waals surface area contributed by atoms with Gasteiger partial charge in [-0.05, 0) is 56.1 Å². The highest BCUT2D eigenvalue weighted by atomic mass is 32.1. The van der Waals surface area contributed by atoms with Crippen LogP contribution in [0, 0.1) is 0 Å². The van der Waals surface area contributed by atoms with E-state index in [1.807, 2.05) is 41.9 Å². The van der Waals surface area contributed by atoms with Crippen molar-refractivity contribution in [1.29, 1.82) is 0 Å². The lowest BCUT2D eigenvalue weighted by molar-refractivity contribution is 0.0938. The van der Waals surface area contributed by atoms with Crippen molar-refractivity contribution in [1.82, 2.24) is 29.8 Å². The first-order valence-corrected chi connectivity index (χ1v) is 13.7. The molecule has 1 fully saturated rings. The molecule has 5 heterocycles. The third-order valence-electron chi connectivity index (χ3n) is 6.78. The normalized spacial score (nSPS) is 16.4. The number of hydrogen-bond donors (Lipinski definition) is 2. The molecular weight excluding hydrogens is 486 g/mol. The summed E-state index contributed by atoms with van der Waals surface area (Å²) >= 11 is 1.64. The van der Waals surface area contributed by atoms with Crippen molar-refractivity contribution in [3.63, 3.8) is 0 Å². The summed E-state index contributed by atoms with van der Waals surface area (Å²) in [6.07, 6.45) is 4.56. The molecule has 1 unspecified atom stereocenters. The first-order valence-electron chi connectivity index (χ1n) is 12.8. The van der Waals surface area contributed by atoms with E-state index in [0.29, 0.717) is 35.9 Å². The van der Waals surface area contributed by atoms with Crippen LogP contribution in [0.5, 0.6) is 0 Å². The lowest BCUT2D eigenvalue weighted by Crippen LogP contribution is -2.42. The van der Waals surface area contributed by atoms with E-state index in [4.69, 9.17) is 14.7 Å². The fourth-order valence-electron chi connectivity index (χ4n) is 4.66. The quantitative estimate of drug-likeness (QED) is 0.324. The number of anilines is 1. The molecule has 0 aromatic carbocycles. The molecule has 0 bridgehead atoms. The fourth-order valence-corrected chi connectivity index (χ4v) is 5.36. The number of ether oxygens (including phenoxy) is 1. The Balaban J connectivity index is 1.48. The summed E-state index contributed by atoms with van der Waals surface area (Å²) in [6, 6.07) is 10.1. The number of amides is 1. The topological polar surface area (TPSA) is 96.7 Å². The largest absolute Gasteiger partial charge is 0.379 e. The van der Waals surface area contributed by atoms with E-state index in [-0.39, 0.29) is 18.0 Å². The number of nitrogens with one attached hydrogen (secondary N) is 2. The van der Waals surface area contributed by atoms with Crippen LogP contribution in [0.15, 0.2) is 48.1 Å². The van der Waals surface area contributed by atoms with Crippen LogP contribution in [0.4, 0.5) is 5.82 Å². The van der Waals surface area contributed by atoms with E-state index in [1.54, 1.807) is 22.0 Å². The molecule has 194 valence electrons. The second-order valence-electron chi connectivity index (χ2n) is 9.23. The number of aromatic nitrogens is 4. The van der Waals surface area contributed by atoms with Gasteiger partial charge in [-0.15, -0.1) is 11.3 Å². The number of fused-ring (bicyclic) bond motifs is 1. The summed E-state index contributed by atoms with van der Waals surface area (Å²) in [7, 11) is 0. The minimum Gasteiger partial charge on any atom is -0.379 e. The highest BCUT2D eigenvalue weighted by molar-refractivity contribution is 7.13. The summed E-state index contributed by atoms with van der Waals surface area (Å²) < 4.78 is 7.27. The van der Waals surface area contributed by atoms with Crippen molar-refractivity contribution >= 4 is 28.7 Å². The Kier molecular flexibility index (Phi) is 7.78. The molecule has 1 amide bonds. The maximum absolute atomic E-state index is 13.3. The van der Waals surface area contributed by atoms with Crippen LogP contribution in [0.3, 0.4) is 0 Å². The van der Waals surface area contributed by atoms with E-state index < -0.39 is 0 Å². The van der Waals surface area contributed by atoms with Gasteiger partial charge < -0.3 is 15.4 Å². The van der Waals surface area contributed by atoms with Gasteiger partial charge in [-0.3, -0.25) is 9.69 Å². The van der Waals surface area contributed by atoms with E-state index in [2.05, 4.69) is 41.4 Å². The Bertz CT molecular complexity index is 1340. The maximum atomic E-state index is 13.3. The van der Waals surface area contributed by atoms with Gasteiger partial charge in [-0.2, -0.15) is 5.10 Å². The predicted octanol–water partition coefficient (Wildman–Crippen LogP) is 4.18. The summed E-state index contributed by atoms with van der Waals surface area (Å²) in [5.41, 5.74) is 3.55. The summed E-state index contributed by atoms with van der Waals surface area (Å²) in [4.78, 5) is 26.4. The smallest absolute Gasteiger partial charge is 0.251 e. The minimum absolute atomic E-state index is 0.128. The average Bonchev–Trinajstić information content (AvgIpc) is 3.69. The van der Waals surface area contributed by atoms with Crippen LogP contribution in [0.25, 0.3) is 27.5 Å². The van der Waals surface area contributed by atoms with Gasteiger partial charge in [-0.1, -0.05) is 19.9 Å². The van der Waals surface area contributed by atoms with E-state index >= 15 is 0 Å². The Morgan fingerprint density at radius 1 is 1.24 bits per heavy atom. The monoisotopic (exact) mass is 519 g/mol. The zero-order valence-electron chi connectivity index (χ0n) is 21.5. The number of carbonyl (C=O) groups excluding carboxylic acids is 1. The van der Waals surface area contributed by atoms with Crippen LogP contribution >= 0.6 is 11.3 Å². The molecular formula is C27H33N7O2S. The number of pyridine rings is 1. The molecule has 2 atom stereocenters. The van der Waals surface area contributed by atoms with Gasteiger partial charge in [0.25, 0.3) is 5.91 Å². The molecule has 1 aliphatic rings. The molecule has 0 aliphatic carbocycles. The van der Waals surface area contributed by atoms with Crippen molar-refractivity contribution in [2.45, 2.75) is 39.3 Å². The average molecular weight is 520 g/mol. The molecule has 2 N–H and O–H groups in total. The van der Waals surface area contributed by atoms with E-state index in [9.17, 15) is 4.79 Å². The Hall–Kier alpha value is -3.34. The first-order chi connectivity index (χ1) is 18.1. The summed E-state index contributed by atoms with van der Waals surface area (Å²) in [5, 5.41) is 13.1. The highest BCUT2D eigenvalue weighted by Crippen LogP contribution is 2.28. The van der Waals surface area contributed by atoms with Crippen molar-refractivity contribution in [2.24, 2.45) is 0 Å². The zero-order chi connectivity index (χ0) is 25.8. The van der Waals surface area contributed by atoms with Crippen molar-refractivity contribution in [3.8, 4) is 21.8 Å². The van der Waals surface area contributed by atoms with Crippen molar-refractivity contribution < 1.29 is 9.53 Å². The third kappa shape index (κ3) is 5.66. The molecule has 9 nitrogen and oxygen atoms in total. The predicted molar refractivity (Wildman–Crippen MR) is 147 cm³/mol. The van der Waals surface area contributed by atoms with E-state index in [1.165, 1.54) is 0 Å². The second-order valence-corrected chi connectivity index (χ2v) is 10.2. The van der Waals surface area contributed by atoms with E-state index in [0.717, 1.165) is 42.3 Å². The van der Waals surface area contributed by atoms with Crippen LogP contribution in [0.2, 0.25) is 0 Å². The van der Waals surface area contributed by atoms with Crippen LogP contribution in [0.1, 0.15) is 37.6 Å². The number of thiophene rings is 1. The maximum Gasteiger partial charge on any atom is 0.251 e.